The van der Waals surface area contributed by atoms with Crippen LogP contribution in [0.4, 0.5) is 0 Å². The summed E-state index contributed by atoms with van der Waals surface area (Å²) >= 11 is 1.68. The first-order chi connectivity index (χ1) is 7.83. The summed E-state index contributed by atoms with van der Waals surface area (Å²) in [7, 11) is 1.67. The third-order valence-corrected chi connectivity index (χ3v) is 3.37. The van der Waals surface area contributed by atoms with E-state index in [0.717, 1.165) is 27.6 Å². The number of aromatic nitrogens is 1. The molecule has 0 unspecified atom stereocenters. The molecule has 16 heavy (non-hydrogen) atoms. The monoisotopic (exact) mass is 234 g/mol. The zero-order chi connectivity index (χ0) is 11.4. The molecule has 0 radical (unpaired) electrons. The normalized spacial score (nSPS) is 10.4. The third kappa shape index (κ3) is 2.40. The molecule has 0 aliphatic carbocycles. The molecule has 0 saturated carbocycles. The molecular formula is C12H14N2OS. The minimum atomic E-state index is 0.644. The maximum Gasteiger partial charge on any atom is 0.119 e. The molecule has 3 nitrogen and oxygen atoms in total. The first-order valence-corrected chi connectivity index (χ1v) is 5.94. The highest BCUT2D eigenvalue weighted by Gasteiger charge is 2.04. The van der Waals surface area contributed by atoms with Crippen LogP contribution in [0.2, 0.25) is 0 Å². The van der Waals surface area contributed by atoms with E-state index in [1.165, 1.54) is 0 Å². The van der Waals surface area contributed by atoms with Crippen molar-refractivity contribution in [2.24, 2.45) is 5.73 Å². The van der Waals surface area contributed by atoms with E-state index in [-0.39, 0.29) is 0 Å². The van der Waals surface area contributed by atoms with Gasteiger partial charge in [0, 0.05) is 12.6 Å². The van der Waals surface area contributed by atoms with Crippen molar-refractivity contribution in [3.63, 3.8) is 0 Å². The lowest BCUT2D eigenvalue weighted by Crippen LogP contribution is -2.01. The fourth-order valence-electron chi connectivity index (χ4n) is 1.46. The molecule has 84 valence electrons. The summed E-state index contributed by atoms with van der Waals surface area (Å²) in [5.41, 5.74) is 6.64. The first kappa shape index (κ1) is 11.1. The fraction of sp³-hybridized carbons (Fsp3) is 0.250. The summed E-state index contributed by atoms with van der Waals surface area (Å²) in [6, 6.07) is 7.99. The van der Waals surface area contributed by atoms with Crippen LogP contribution in [0.1, 0.15) is 5.01 Å². The molecule has 0 bridgehead atoms. The average Bonchev–Trinajstić information content (AvgIpc) is 2.78. The van der Waals surface area contributed by atoms with Gasteiger partial charge in [0.1, 0.15) is 5.75 Å². The molecule has 0 amide bonds. The van der Waals surface area contributed by atoms with Crippen LogP contribution in [-0.4, -0.2) is 18.6 Å². The van der Waals surface area contributed by atoms with E-state index < -0.39 is 0 Å². The SMILES string of the molecule is COc1cccc(-c2cnc(CCN)s2)c1. The van der Waals surface area contributed by atoms with Crippen molar-refractivity contribution in [1.29, 1.82) is 0 Å². The van der Waals surface area contributed by atoms with Gasteiger partial charge in [0.25, 0.3) is 0 Å². The van der Waals surface area contributed by atoms with Crippen molar-refractivity contribution in [1.82, 2.24) is 4.98 Å². The predicted molar refractivity (Wildman–Crippen MR) is 66.9 cm³/mol. The van der Waals surface area contributed by atoms with Gasteiger partial charge in [-0.05, 0) is 24.2 Å². The highest BCUT2D eigenvalue weighted by Crippen LogP contribution is 2.28. The Morgan fingerprint density at radius 2 is 2.31 bits per heavy atom. The topological polar surface area (TPSA) is 48.1 Å². The maximum atomic E-state index is 5.50. The second kappa shape index (κ2) is 5.09. The van der Waals surface area contributed by atoms with Crippen LogP contribution in [-0.2, 0) is 6.42 Å². The van der Waals surface area contributed by atoms with E-state index in [1.54, 1.807) is 18.4 Å². The average molecular weight is 234 g/mol. The van der Waals surface area contributed by atoms with Gasteiger partial charge in [-0.25, -0.2) is 4.98 Å². The Bertz CT molecular complexity index is 468. The van der Waals surface area contributed by atoms with E-state index in [9.17, 15) is 0 Å². The number of hydrogen-bond acceptors (Lipinski definition) is 4. The molecule has 1 heterocycles. The predicted octanol–water partition coefficient (Wildman–Crippen LogP) is 2.32. The second-order valence-electron chi connectivity index (χ2n) is 3.39. The number of benzene rings is 1. The van der Waals surface area contributed by atoms with Gasteiger partial charge in [0.05, 0.1) is 17.0 Å². The van der Waals surface area contributed by atoms with Crippen LogP contribution in [0.5, 0.6) is 5.75 Å². The van der Waals surface area contributed by atoms with Gasteiger partial charge in [-0.15, -0.1) is 11.3 Å². The minimum absolute atomic E-state index is 0.644. The molecule has 0 aliphatic rings. The Kier molecular flexibility index (Phi) is 3.54. The molecule has 1 aromatic heterocycles. The summed E-state index contributed by atoms with van der Waals surface area (Å²) in [6.45, 7) is 0.644. The van der Waals surface area contributed by atoms with Crippen LogP contribution < -0.4 is 10.5 Å². The van der Waals surface area contributed by atoms with Gasteiger partial charge in [-0.1, -0.05) is 12.1 Å². The lowest BCUT2D eigenvalue weighted by molar-refractivity contribution is 0.415. The quantitative estimate of drug-likeness (QED) is 0.883. The lowest BCUT2D eigenvalue weighted by Gasteiger charge is -2.01. The Labute approximate surface area is 98.9 Å². The van der Waals surface area contributed by atoms with Crippen LogP contribution in [0.25, 0.3) is 10.4 Å². The van der Waals surface area contributed by atoms with Gasteiger partial charge in [0.2, 0.25) is 0 Å². The van der Waals surface area contributed by atoms with Crippen molar-refractivity contribution in [2.75, 3.05) is 13.7 Å². The van der Waals surface area contributed by atoms with Crippen LogP contribution in [0.15, 0.2) is 30.5 Å². The van der Waals surface area contributed by atoms with Crippen LogP contribution in [0.3, 0.4) is 0 Å². The molecular weight excluding hydrogens is 220 g/mol. The van der Waals surface area contributed by atoms with Crippen molar-refractivity contribution >= 4 is 11.3 Å². The summed E-state index contributed by atoms with van der Waals surface area (Å²) in [5, 5.41) is 1.08. The molecule has 0 aliphatic heterocycles. The summed E-state index contributed by atoms with van der Waals surface area (Å²) in [6.07, 6.45) is 2.74. The number of rotatable bonds is 4. The van der Waals surface area contributed by atoms with E-state index >= 15 is 0 Å². The lowest BCUT2D eigenvalue weighted by atomic mass is 10.2. The van der Waals surface area contributed by atoms with Crippen LogP contribution >= 0.6 is 11.3 Å². The number of nitrogens with two attached hydrogens (primary N) is 1. The van der Waals surface area contributed by atoms with Crippen molar-refractivity contribution in [3.8, 4) is 16.2 Å². The molecule has 1 aromatic carbocycles. The van der Waals surface area contributed by atoms with Gasteiger partial charge < -0.3 is 10.5 Å². The Morgan fingerprint density at radius 3 is 3.06 bits per heavy atom. The number of thiazole rings is 1. The summed E-state index contributed by atoms with van der Waals surface area (Å²) < 4.78 is 5.19. The van der Waals surface area contributed by atoms with E-state index in [2.05, 4.69) is 11.1 Å². The Morgan fingerprint density at radius 1 is 1.44 bits per heavy atom. The smallest absolute Gasteiger partial charge is 0.119 e. The van der Waals surface area contributed by atoms with Gasteiger partial charge in [-0.2, -0.15) is 0 Å². The number of ether oxygens (including phenoxy) is 1. The standard InChI is InChI=1S/C12H14N2OS/c1-15-10-4-2-3-9(7-10)11-8-14-12(16-11)5-6-13/h2-4,7-8H,5-6,13H2,1H3. The third-order valence-electron chi connectivity index (χ3n) is 2.27. The number of nitrogens with zero attached hydrogens (tertiary/aromatic N) is 1. The van der Waals surface area contributed by atoms with Gasteiger partial charge in [0.15, 0.2) is 0 Å². The fourth-order valence-corrected chi connectivity index (χ4v) is 2.39. The first-order valence-electron chi connectivity index (χ1n) is 5.12. The Balaban J connectivity index is 2.27. The molecule has 0 saturated heterocycles. The summed E-state index contributed by atoms with van der Waals surface area (Å²) in [5.74, 6) is 0.867. The molecule has 2 N–H and O–H groups in total. The molecule has 0 fully saturated rings. The molecule has 0 atom stereocenters. The number of hydrogen-bond donors (Lipinski definition) is 1. The number of methoxy groups -OCH3 is 1. The molecule has 2 rings (SSSR count). The minimum Gasteiger partial charge on any atom is -0.497 e. The van der Waals surface area contributed by atoms with Gasteiger partial charge >= 0.3 is 0 Å². The van der Waals surface area contributed by atoms with Crippen molar-refractivity contribution in [3.05, 3.63) is 35.5 Å². The zero-order valence-corrected chi connectivity index (χ0v) is 9.96. The van der Waals surface area contributed by atoms with E-state index in [0.29, 0.717) is 6.54 Å². The highest BCUT2D eigenvalue weighted by atomic mass is 32.1. The van der Waals surface area contributed by atoms with Gasteiger partial charge in [-0.3, -0.25) is 0 Å². The second-order valence-corrected chi connectivity index (χ2v) is 4.50. The van der Waals surface area contributed by atoms with E-state index in [4.69, 9.17) is 10.5 Å². The molecule has 2 aromatic rings. The maximum absolute atomic E-state index is 5.50. The molecule has 0 spiro atoms. The highest BCUT2D eigenvalue weighted by molar-refractivity contribution is 7.15. The summed E-state index contributed by atoms with van der Waals surface area (Å²) in [4.78, 5) is 5.49. The van der Waals surface area contributed by atoms with Crippen LogP contribution in [0, 0.1) is 0 Å². The Hall–Kier alpha value is -1.39. The van der Waals surface area contributed by atoms with Crippen molar-refractivity contribution in [2.45, 2.75) is 6.42 Å². The zero-order valence-electron chi connectivity index (χ0n) is 9.14. The largest absolute Gasteiger partial charge is 0.497 e. The van der Waals surface area contributed by atoms with E-state index in [1.807, 2.05) is 24.4 Å². The van der Waals surface area contributed by atoms with Crippen molar-refractivity contribution < 1.29 is 4.74 Å². The molecule has 4 heteroatoms.